The van der Waals surface area contributed by atoms with Crippen molar-refractivity contribution in [1.29, 1.82) is 0 Å². The van der Waals surface area contributed by atoms with Crippen molar-refractivity contribution in [2.24, 2.45) is 0 Å². The molecule has 2 fully saturated rings. The van der Waals surface area contributed by atoms with Crippen LogP contribution in [0.4, 0.5) is 13.2 Å². The molecule has 0 amide bonds. The minimum atomic E-state index is -4.03. The fourth-order valence-corrected chi connectivity index (χ4v) is 11.5. The third-order valence-electron chi connectivity index (χ3n) is 6.22. The first kappa shape index (κ1) is 17.3. The van der Waals surface area contributed by atoms with E-state index in [0.29, 0.717) is 5.30 Å². The Hall–Kier alpha value is -0.560. The van der Waals surface area contributed by atoms with Crippen LogP contribution in [0.1, 0.15) is 64.2 Å². The molecule has 2 aliphatic rings. The molecule has 4 heteroatoms. The van der Waals surface area contributed by atoms with Crippen LogP contribution < -0.4 is 5.30 Å². The summed E-state index contributed by atoms with van der Waals surface area (Å²) in [7, 11) is -3.57. The molecular formula is C19H28F3P. The van der Waals surface area contributed by atoms with Crippen molar-refractivity contribution in [2.75, 3.05) is 0 Å². The predicted octanol–water partition coefficient (Wildman–Crippen LogP) is 6.25. The molecule has 0 heterocycles. The first-order chi connectivity index (χ1) is 11.1. The first-order valence-electron chi connectivity index (χ1n) is 9.19. The quantitative estimate of drug-likeness (QED) is 0.569. The van der Waals surface area contributed by atoms with Crippen LogP contribution in [-0.4, -0.2) is 17.2 Å². The molecule has 0 aromatic heterocycles. The van der Waals surface area contributed by atoms with Gasteiger partial charge in [-0.15, -0.1) is 0 Å². The Kier molecular flexibility index (Phi) is 5.35. The molecule has 1 aromatic carbocycles. The van der Waals surface area contributed by atoms with E-state index in [2.05, 4.69) is 0 Å². The molecule has 23 heavy (non-hydrogen) atoms. The van der Waals surface area contributed by atoms with E-state index in [4.69, 9.17) is 0 Å². The third kappa shape index (κ3) is 3.18. The molecule has 0 radical (unpaired) electrons. The number of hydrogen-bond acceptors (Lipinski definition) is 0. The summed E-state index contributed by atoms with van der Waals surface area (Å²) in [4.78, 5) is 0. The summed E-state index contributed by atoms with van der Waals surface area (Å²) in [5.41, 5.74) is -0.219. The van der Waals surface area contributed by atoms with Crippen LogP contribution in [0.3, 0.4) is 0 Å². The fraction of sp³-hybridized carbons (Fsp3) is 0.684. The molecule has 0 atom stereocenters. The second-order valence-corrected chi connectivity index (χ2v) is 11.9. The molecule has 3 rings (SSSR count). The Morgan fingerprint density at radius 3 is 1.52 bits per heavy atom. The Bertz CT molecular complexity index is 467. The number of benzene rings is 1. The van der Waals surface area contributed by atoms with Crippen LogP contribution in [-0.2, 0) is 0 Å². The van der Waals surface area contributed by atoms with Gasteiger partial charge in [-0.3, -0.25) is 0 Å². The molecule has 2 aliphatic carbocycles. The van der Waals surface area contributed by atoms with Crippen molar-refractivity contribution < 1.29 is 13.2 Å². The van der Waals surface area contributed by atoms with Crippen molar-refractivity contribution in [3.63, 3.8) is 0 Å². The van der Waals surface area contributed by atoms with Gasteiger partial charge in [-0.1, -0.05) is 0 Å². The van der Waals surface area contributed by atoms with Crippen molar-refractivity contribution in [3.05, 3.63) is 30.3 Å². The summed E-state index contributed by atoms with van der Waals surface area (Å²) in [6.07, 6.45) is 9.30. The number of alkyl halides is 3. The molecule has 0 unspecified atom stereocenters. The van der Waals surface area contributed by atoms with Crippen LogP contribution in [0.15, 0.2) is 30.3 Å². The Morgan fingerprint density at radius 1 is 0.696 bits per heavy atom. The van der Waals surface area contributed by atoms with E-state index in [0.717, 1.165) is 64.2 Å². The molecule has 0 aliphatic heterocycles. The second kappa shape index (κ2) is 7.13. The summed E-state index contributed by atoms with van der Waals surface area (Å²) in [5.74, 6) is -4.03. The van der Waals surface area contributed by atoms with Crippen LogP contribution in [0.25, 0.3) is 0 Å². The zero-order valence-corrected chi connectivity index (χ0v) is 14.7. The number of rotatable bonds is 3. The molecule has 0 N–H and O–H groups in total. The molecule has 0 spiro atoms. The molecule has 0 saturated heterocycles. The van der Waals surface area contributed by atoms with Crippen molar-refractivity contribution in [1.82, 2.24) is 0 Å². The SMILES string of the molecule is FC(F)(F)[PH](c1ccccc1)(C1CCCCC1)C1CCCCC1. The van der Waals surface area contributed by atoms with E-state index in [1.54, 1.807) is 12.1 Å². The molecule has 130 valence electrons. The van der Waals surface area contributed by atoms with Gasteiger partial charge in [-0.2, -0.15) is 0 Å². The molecular weight excluding hydrogens is 316 g/mol. The van der Waals surface area contributed by atoms with E-state index in [1.165, 1.54) is 0 Å². The van der Waals surface area contributed by atoms with E-state index < -0.39 is 13.2 Å². The number of hydrogen-bond donors (Lipinski definition) is 0. The number of halogens is 3. The van der Waals surface area contributed by atoms with Crippen LogP contribution in [0.5, 0.6) is 0 Å². The standard InChI is InChI=1S/C19H28F3P/c20-19(21,22)23(16-10-4-1-5-11-16,17-12-6-2-7-13-17)18-14-8-3-9-15-18/h1,4-5,10-11,17-18,23H,2-3,6-9,12-15H2. The van der Waals surface area contributed by atoms with E-state index in [-0.39, 0.29) is 11.3 Å². The molecule has 0 nitrogen and oxygen atoms in total. The van der Waals surface area contributed by atoms with Crippen LogP contribution >= 0.6 is 7.26 Å². The average Bonchev–Trinajstić information content (AvgIpc) is 2.57. The van der Waals surface area contributed by atoms with Gasteiger partial charge in [0.05, 0.1) is 0 Å². The molecule has 2 saturated carbocycles. The molecule has 0 bridgehead atoms. The van der Waals surface area contributed by atoms with Crippen LogP contribution in [0.2, 0.25) is 0 Å². The van der Waals surface area contributed by atoms with Crippen molar-refractivity contribution in [2.45, 2.75) is 81.4 Å². The summed E-state index contributed by atoms with van der Waals surface area (Å²) in [6, 6.07) is 9.07. The van der Waals surface area contributed by atoms with Crippen LogP contribution in [0, 0.1) is 0 Å². The third-order valence-corrected chi connectivity index (χ3v) is 12.2. The summed E-state index contributed by atoms with van der Waals surface area (Å²) in [6.45, 7) is 0. The summed E-state index contributed by atoms with van der Waals surface area (Å²) >= 11 is 0. The van der Waals surface area contributed by atoms with Gasteiger partial charge in [0.15, 0.2) is 0 Å². The maximum absolute atomic E-state index is 14.7. The average molecular weight is 344 g/mol. The van der Waals surface area contributed by atoms with Crippen molar-refractivity contribution >= 4 is 12.6 Å². The van der Waals surface area contributed by atoms with Gasteiger partial charge in [0.25, 0.3) is 0 Å². The minimum absolute atomic E-state index is 0.109. The van der Waals surface area contributed by atoms with E-state index >= 15 is 0 Å². The van der Waals surface area contributed by atoms with Gasteiger partial charge in [-0.05, 0) is 0 Å². The zero-order chi connectivity index (χ0) is 16.3. The van der Waals surface area contributed by atoms with Gasteiger partial charge in [0, 0.05) is 0 Å². The molecule has 1 aromatic rings. The van der Waals surface area contributed by atoms with E-state index in [1.807, 2.05) is 18.2 Å². The fourth-order valence-electron chi connectivity index (χ4n) is 5.26. The summed E-state index contributed by atoms with van der Waals surface area (Å²) < 4.78 is 44.1. The van der Waals surface area contributed by atoms with Gasteiger partial charge >= 0.3 is 138 Å². The normalized spacial score (nSPS) is 22.9. The van der Waals surface area contributed by atoms with Gasteiger partial charge in [0.1, 0.15) is 0 Å². The second-order valence-electron chi connectivity index (χ2n) is 7.40. The Morgan fingerprint density at radius 2 is 1.13 bits per heavy atom. The van der Waals surface area contributed by atoms with Gasteiger partial charge in [0.2, 0.25) is 0 Å². The zero-order valence-electron chi connectivity index (χ0n) is 13.7. The first-order valence-corrected chi connectivity index (χ1v) is 11.3. The van der Waals surface area contributed by atoms with Gasteiger partial charge in [-0.25, -0.2) is 0 Å². The summed E-state index contributed by atoms with van der Waals surface area (Å²) in [5, 5.41) is 0.659. The Balaban J connectivity index is 2.11. The maximum atomic E-state index is 14.7. The van der Waals surface area contributed by atoms with Gasteiger partial charge < -0.3 is 0 Å². The topological polar surface area (TPSA) is 0 Å². The van der Waals surface area contributed by atoms with E-state index in [9.17, 15) is 13.2 Å². The monoisotopic (exact) mass is 344 g/mol. The Labute approximate surface area is 138 Å². The van der Waals surface area contributed by atoms with Crippen molar-refractivity contribution in [3.8, 4) is 0 Å². The predicted molar refractivity (Wildman–Crippen MR) is 94.2 cm³/mol.